The van der Waals surface area contributed by atoms with Gasteiger partial charge in [-0.2, -0.15) is 11.3 Å². The zero-order valence-electron chi connectivity index (χ0n) is 11.2. The predicted molar refractivity (Wildman–Crippen MR) is 75.9 cm³/mol. The van der Waals surface area contributed by atoms with Crippen LogP contribution in [0.2, 0.25) is 0 Å². The maximum Gasteiger partial charge on any atom is 0.194 e. The summed E-state index contributed by atoms with van der Waals surface area (Å²) in [5.74, 6) is 1.70. The summed E-state index contributed by atoms with van der Waals surface area (Å²) >= 11 is 1.67. The van der Waals surface area contributed by atoms with E-state index in [9.17, 15) is 0 Å². The van der Waals surface area contributed by atoms with Gasteiger partial charge in [0.2, 0.25) is 0 Å². The summed E-state index contributed by atoms with van der Waals surface area (Å²) in [4.78, 5) is 4.32. The Bertz CT molecular complexity index is 468. The minimum Gasteiger partial charge on any atom is -0.441 e. The standard InChI is InChI=1S/C14H20N2OS/c1-14(2,3)16-7-4-5-13-15-9-12(17-13)11-6-8-18-10-11/h6,8-10,16H,4-5,7H2,1-3H3. The molecule has 0 spiro atoms. The lowest BCUT2D eigenvalue weighted by Crippen LogP contribution is -2.36. The second-order valence-electron chi connectivity index (χ2n) is 5.41. The molecule has 2 aromatic rings. The first kappa shape index (κ1) is 13.3. The third-order valence-corrected chi connectivity index (χ3v) is 3.27. The Morgan fingerprint density at radius 3 is 2.89 bits per heavy atom. The van der Waals surface area contributed by atoms with Crippen LogP contribution >= 0.6 is 11.3 Å². The van der Waals surface area contributed by atoms with E-state index in [-0.39, 0.29) is 5.54 Å². The van der Waals surface area contributed by atoms with Crippen LogP contribution in [0.25, 0.3) is 11.3 Å². The van der Waals surface area contributed by atoms with Gasteiger partial charge in [0.1, 0.15) is 0 Å². The molecule has 3 nitrogen and oxygen atoms in total. The zero-order valence-corrected chi connectivity index (χ0v) is 12.0. The average Bonchev–Trinajstić information content (AvgIpc) is 2.93. The molecule has 0 saturated heterocycles. The molecule has 0 bridgehead atoms. The largest absolute Gasteiger partial charge is 0.441 e. The number of rotatable bonds is 5. The highest BCUT2D eigenvalue weighted by atomic mass is 32.1. The van der Waals surface area contributed by atoms with Crippen molar-refractivity contribution >= 4 is 11.3 Å². The zero-order chi connectivity index (χ0) is 13.0. The van der Waals surface area contributed by atoms with Gasteiger partial charge in [-0.1, -0.05) is 0 Å². The number of aryl methyl sites for hydroxylation is 1. The molecule has 2 rings (SSSR count). The Balaban J connectivity index is 1.81. The van der Waals surface area contributed by atoms with E-state index in [2.05, 4.69) is 42.5 Å². The van der Waals surface area contributed by atoms with Gasteiger partial charge in [0.05, 0.1) is 6.20 Å². The first-order valence-electron chi connectivity index (χ1n) is 6.27. The Morgan fingerprint density at radius 1 is 1.39 bits per heavy atom. The van der Waals surface area contributed by atoms with E-state index in [1.807, 2.05) is 11.6 Å². The molecule has 0 radical (unpaired) electrons. The number of hydrogen-bond donors (Lipinski definition) is 1. The number of nitrogens with one attached hydrogen (secondary N) is 1. The highest BCUT2D eigenvalue weighted by molar-refractivity contribution is 7.08. The first-order valence-corrected chi connectivity index (χ1v) is 7.21. The van der Waals surface area contributed by atoms with Crippen molar-refractivity contribution in [2.75, 3.05) is 6.54 Å². The van der Waals surface area contributed by atoms with Crippen LogP contribution in [0.4, 0.5) is 0 Å². The number of hydrogen-bond acceptors (Lipinski definition) is 4. The quantitative estimate of drug-likeness (QED) is 0.836. The predicted octanol–water partition coefficient (Wildman–Crippen LogP) is 3.72. The van der Waals surface area contributed by atoms with Gasteiger partial charge in [-0.05, 0) is 45.2 Å². The average molecular weight is 264 g/mol. The van der Waals surface area contributed by atoms with Gasteiger partial charge in [-0.15, -0.1) is 0 Å². The van der Waals surface area contributed by atoms with E-state index >= 15 is 0 Å². The molecule has 0 unspecified atom stereocenters. The van der Waals surface area contributed by atoms with Gasteiger partial charge in [-0.25, -0.2) is 4.98 Å². The third kappa shape index (κ3) is 3.96. The van der Waals surface area contributed by atoms with E-state index in [0.29, 0.717) is 0 Å². The topological polar surface area (TPSA) is 38.1 Å². The van der Waals surface area contributed by atoms with Crippen LogP contribution in [0.1, 0.15) is 33.1 Å². The molecule has 0 atom stereocenters. The molecule has 1 N–H and O–H groups in total. The van der Waals surface area contributed by atoms with Crippen LogP contribution in [0.5, 0.6) is 0 Å². The summed E-state index contributed by atoms with van der Waals surface area (Å²) < 4.78 is 5.73. The van der Waals surface area contributed by atoms with Crippen LogP contribution in [0.3, 0.4) is 0 Å². The maximum absolute atomic E-state index is 5.73. The molecule has 4 heteroatoms. The number of thiophene rings is 1. The molecule has 0 aliphatic carbocycles. The van der Waals surface area contributed by atoms with Crippen molar-refractivity contribution in [2.45, 2.75) is 39.2 Å². The highest BCUT2D eigenvalue weighted by Gasteiger charge is 2.09. The van der Waals surface area contributed by atoms with Crippen LogP contribution in [-0.2, 0) is 6.42 Å². The molecule has 0 amide bonds. The van der Waals surface area contributed by atoms with Gasteiger partial charge in [0, 0.05) is 22.9 Å². The molecule has 0 aromatic carbocycles. The van der Waals surface area contributed by atoms with Gasteiger partial charge in [-0.3, -0.25) is 0 Å². The van der Waals surface area contributed by atoms with Crippen LogP contribution in [-0.4, -0.2) is 17.1 Å². The van der Waals surface area contributed by atoms with Crippen LogP contribution in [0.15, 0.2) is 27.4 Å². The lowest BCUT2D eigenvalue weighted by molar-refractivity contribution is 0.413. The Kier molecular flexibility index (Phi) is 4.19. The summed E-state index contributed by atoms with van der Waals surface area (Å²) in [6.45, 7) is 7.51. The lowest BCUT2D eigenvalue weighted by atomic mass is 10.1. The van der Waals surface area contributed by atoms with E-state index < -0.39 is 0 Å². The highest BCUT2D eigenvalue weighted by Crippen LogP contribution is 2.23. The summed E-state index contributed by atoms with van der Waals surface area (Å²) in [5.41, 5.74) is 1.30. The van der Waals surface area contributed by atoms with E-state index in [0.717, 1.165) is 36.6 Å². The minimum atomic E-state index is 0.179. The maximum atomic E-state index is 5.73. The first-order chi connectivity index (χ1) is 8.54. The smallest absolute Gasteiger partial charge is 0.194 e. The van der Waals surface area contributed by atoms with Crippen LogP contribution < -0.4 is 5.32 Å². The Labute approximate surface area is 112 Å². The van der Waals surface area contributed by atoms with Crippen molar-refractivity contribution in [3.05, 3.63) is 28.9 Å². The molecule has 0 aliphatic heterocycles. The molecule has 0 saturated carbocycles. The fourth-order valence-electron chi connectivity index (χ4n) is 1.67. The molecule has 18 heavy (non-hydrogen) atoms. The van der Waals surface area contributed by atoms with Crippen molar-refractivity contribution in [2.24, 2.45) is 0 Å². The van der Waals surface area contributed by atoms with Gasteiger partial charge < -0.3 is 9.73 Å². The van der Waals surface area contributed by atoms with Crippen molar-refractivity contribution in [3.8, 4) is 11.3 Å². The summed E-state index contributed by atoms with van der Waals surface area (Å²) in [5, 5.41) is 7.58. The second-order valence-corrected chi connectivity index (χ2v) is 6.19. The van der Waals surface area contributed by atoms with Gasteiger partial charge in [0.15, 0.2) is 11.7 Å². The second kappa shape index (κ2) is 5.67. The molecular weight excluding hydrogens is 244 g/mol. The van der Waals surface area contributed by atoms with Crippen molar-refractivity contribution in [3.63, 3.8) is 0 Å². The van der Waals surface area contributed by atoms with Gasteiger partial charge in [0.25, 0.3) is 0 Å². The molecule has 0 fully saturated rings. The lowest BCUT2D eigenvalue weighted by Gasteiger charge is -2.19. The van der Waals surface area contributed by atoms with Crippen molar-refractivity contribution in [1.82, 2.24) is 10.3 Å². The fourth-order valence-corrected chi connectivity index (χ4v) is 2.31. The molecule has 0 aliphatic rings. The molecule has 98 valence electrons. The summed E-state index contributed by atoms with van der Waals surface area (Å²) in [6, 6.07) is 2.05. The Morgan fingerprint density at radius 2 is 2.22 bits per heavy atom. The van der Waals surface area contributed by atoms with Crippen LogP contribution in [0, 0.1) is 0 Å². The number of oxazole rings is 1. The van der Waals surface area contributed by atoms with E-state index in [4.69, 9.17) is 4.42 Å². The summed E-state index contributed by atoms with van der Waals surface area (Å²) in [7, 11) is 0. The number of aromatic nitrogens is 1. The minimum absolute atomic E-state index is 0.179. The number of nitrogens with zero attached hydrogens (tertiary/aromatic N) is 1. The molecule has 2 aromatic heterocycles. The molecular formula is C14H20N2OS. The monoisotopic (exact) mass is 264 g/mol. The van der Waals surface area contributed by atoms with E-state index in [1.165, 1.54) is 0 Å². The summed E-state index contributed by atoms with van der Waals surface area (Å²) in [6.07, 6.45) is 3.74. The third-order valence-electron chi connectivity index (χ3n) is 2.58. The fraction of sp³-hybridized carbons (Fsp3) is 0.500. The SMILES string of the molecule is CC(C)(C)NCCCc1ncc(-c2ccsc2)o1. The van der Waals surface area contributed by atoms with Crippen molar-refractivity contribution < 1.29 is 4.42 Å². The van der Waals surface area contributed by atoms with Gasteiger partial charge >= 0.3 is 0 Å². The molecule has 2 heterocycles. The van der Waals surface area contributed by atoms with Crippen molar-refractivity contribution in [1.29, 1.82) is 0 Å². The Hall–Kier alpha value is -1.13. The van der Waals surface area contributed by atoms with E-state index in [1.54, 1.807) is 11.3 Å². The normalized spacial score (nSPS) is 11.9.